The lowest BCUT2D eigenvalue weighted by molar-refractivity contribution is -0.0402. The largest absolute Gasteiger partial charge is 0.374 e. The van der Waals surface area contributed by atoms with Gasteiger partial charge in [0.05, 0.1) is 12.7 Å². The quantitative estimate of drug-likeness (QED) is 0.701. The van der Waals surface area contributed by atoms with Crippen molar-refractivity contribution >= 4 is 11.6 Å². The van der Waals surface area contributed by atoms with Gasteiger partial charge in [-0.25, -0.2) is 0 Å². The van der Waals surface area contributed by atoms with Crippen LogP contribution < -0.4 is 0 Å². The Morgan fingerprint density at radius 3 is 2.76 bits per heavy atom. The van der Waals surface area contributed by atoms with Crippen molar-refractivity contribution < 1.29 is 4.74 Å². The first kappa shape index (κ1) is 13.6. The summed E-state index contributed by atoms with van der Waals surface area (Å²) in [6.07, 6.45) is 5.83. The zero-order valence-corrected chi connectivity index (χ0v) is 11.7. The SMILES string of the molecule is CN1CCOC(CN(CCCl)C2CCCC2)C1. The van der Waals surface area contributed by atoms with E-state index < -0.39 is 0 Å². The maximum absolute atomic E-state index is 5.93. The summed E-state index contributed by atoms with van der Waals surface area (Å²) in [4.78, 5) is 4.92. The topological polar surface area (TPSA) is 15.7 Å². The minimum Gasteiger partial charge on any atom is -0.374 e. The van der Waals surface area contributed by atoms with Crippen LogP contribution in [0.1, 0.15) is 25.7 Å². The first-order valence-corrected chi connectivity index (χ1v) is 7.43. The predicted octanol–water partition coefficient (Wildman–Crippen LogP) is 1.80. The molecule has 4 heteroatoms. The fourth-order valence-electron chi connectivity index (χ4n) is 3.04. The molecule has 0 N–H and O–H groups in total. The van der Waals surface area contributed by atoms with Crippen LogP contribution in [0, 0.1) is 0 Å². The van der Waals surface area contributed by atoms with Gasteiger partial charge in [-0.2, -0.15) is 0 Å². The van der Waals surface area contributed by atoms with Gasteiger partial charge in [0.1, 0.15) is 0 Å². The van der Waals surface area contributed by atoms with Gasteiger partial charge in [0.15, 0.2) is 0 Å². The minimum absolute atomic E-state index is 0.373. The molecule has 0 aromatic heterocycles. The molecule has 0 bridgehead atoms. The average molecular weight is 261 g/mol. The molecule has 2 rings (SSSR count). The molecule has 1 atom stereocenters. The zero-order valence-electron chi connectivity index (χ0n) is 10.9. The molecule has 0 aromatic rings. The van der Waals surface area contributed by atoms with E-state index in [9.17, 15) is 0 Å². The Labute approximate surface area is 110 Å². The van der Waals surface area contributed by atoms with E-state index in [2.05, 4.69) is 16.8 Å². The van der Waals surface area contributed by atoms with Crippen molar-refractivity contribution in [2.24, 2.45) is 0 Å². The van der Waals surface area contributed by atoms with Crippen molar-refractivity contribution in [2.75, 3.05) is 45.7 Å². The molecule has 17 heavy (non-hydrogen) atoms. The van der Waals surface area contributed by atoms with Crippen molar-refractivity contribution in [3.05, 3.63) is 0 Å². The highest BCUT2D eigenvalue weighted by atomic mass is 35.5. The van der Waals surface area contributed by atoms with E-state index in [1.807, 2.05) is 0 Å². The van der Waals surface area contributed by atoms with E-state index in [1.54, 1.807) is 0 Å². The summed E-state index contributed by atoms with van der Waals surface area (Å²) >= 11 is 5.93. The maximum atomic E-state index is 5.93. The molecular formula is C13H25ClN2O. The molecule has 0 radical (unpaired) electrons. The number of rotatable bonds is 5. The summed E-state index contributed by atoms with van der Waals surface area (Å²) in [5.41, 5.74) is 0. The molecule has 0 spiro atoms. The number of ether oxygens (including phenoxy) is 1. The van der Waals surface area contributed by atoms with Gasteiger partial charge in [-0.3, -0.25) is 4.90 Å². The highest BCUT2D eigenvalue weighted by molar-refractivity contribution is 6.18. The fourth-order valence-corrected chi connectivity index (χ4v) is 3.26. The minimum atomic E-state index is 0.373. The normalized spacial score (nSPS) is 28.1. The van der Waals surface area contributed by atoms with Crippen LogP contribution in [0.3, 0.4) is 0 Å². The Kier molecular flexibility index (Phi) is 5.54. The second-order valence-electron chi connectivity index (χ2n) is 5.38. The van der Waals surface area contributed by atoms with Gasteiger partial charge in [-0.05, 0) is 19.9 Å². The lowest BCUT2D eigenvalue weighted by Crippen LogP contribution is -2.48. The molecule has 2 aliphatic rings. The molecule has 1 saturated heterocycles. The van der Waals surface area contributed by atoms with E-state index >= 15 is 0 Å². The number of likely N-dealkylation sites (N-methyl/N-ethyl adjacent to an activating group) is 1. The summed E-state index contributed by atoms with van der Waals surface area (Å²) in [6.45, 7) is 5.07. The average Bonchev–Trinajstić information content (AvgIpc) is 2.82. The molecule has 1 aliphatic carbocycles. The summed E-state index contributed by atoms with van der Waals surface area (Å²) in [5, 5.41) is 0. The third-order valence-electron chi connectivity index (χ3n) is 3.99. The highest BCUT2D eigenvalue weighted by Gasteiger charge is 2.26. The molecule has 0 aromatic carbocycles. The lowest BCUT2D eigenvalue weighted by Gasteiger charge is -2.36. The Bertz CT molecular complexity index is 221. The van der Waals surface area contributed by atoms with Gasteiger partial charge in [0, 0.05) is 38.1 Å². The molecule has 1 aliphatic heterocycles. The van der Waals surface area contributed by atoms with Gasteiger partial charge in [0.2, 0.25) is 0 Å². The van der Waals surface area contributed by atoms with Crippen LogP contribution in [-0.4, -0.2) is 67.7 Å². The van der Waals surface area contributed by atoms with Crippen LogP contribution in [0.4, 0.5) is 0 Å². The molecule has 3 nitrogen and oxygen atoms in total. The summed E-state index contributed by atoms with van der Waals surface area (Å²) < 4.78 is 5.86. The Balaban J connectivity index is 1.83. The number of morpholine rings is 1. The highest BCUT2D eigenvalue weighted by Crippen LogP contribution is 2.24. The lowest BCUT2D eigenvalue weighted by atomic mass is 10.1. The van der Waals surface area contributed by atoms with Crippen LogP contribution in [0.15, 0.2) is 0 Å². The van der Waals surface area contributed by atoms with Crippen LogP contribution in [0.25, 0.3) is 0 Å². The number of alkyl halides is 1. The van der Waals surface area contributed by atoms with Crippen LogP contribution in [-0.2, 0) is 4.74 Å². The third-order valence-corrected chi connectivity index (χ3v) is 4.16. The van der Waals surface area contributed by atoms with Crippen molar-refractivity contribution in [2.45, 2.75) is 37.8 Å². The first-order chi connectivity index (χ1) is 8.29. The van der Waals surface area contributed by atoms with Crippen molar-refractivity contribution in [3.63, 3.8) is 0 Å². The number of halogens is 1. The van der Waals surface area contributed by atoms with Gasteiger partial charge < -0.3 is 9.64 Å². The molecule has 1 saturated carbocycles. The van der Waals surface area contributed by atoms with E-state index in [0.717, 1.165) is 44.7 Å². The smallest absolute Gasteiger partial charge is 0.0829 e. The standard InChI is InChI=1S/C13H25ClN2O/c1-15-8-9-17-13(10-15)11-16(7-6-14)12-4-2-3-5-12/h12-13H,2-11H2,1H3. The molecule has 1 heterocycles. The van der Waals surface area contributed by atoms with Gasteiger partial charge >= 0.3 is 0 Å². The van der Waals surface area contributed by atoms with Crippen LogP contribution in [0.2, 0.25) is 0 Å². The molecule has 0 amide bonds. The molecule has 100 valence electrons. The van der Waals surface area contributed by atoms with Crippen molar-refractivity contribution in [1.29, 1.82) is 0 Å². The fraction of sp³-hybridized carbons (Fsp3) is 1.00. The van der Waals surface area contributed by atoms with Crippen molar-refractivity contribution in [1.82, 2.24) is 9.80 Å². The zero-order chi connectivity index (χ0) is 12.1. The van der Waals surface area contributed by atoms with E-state index in [0.29, 0.717) is 6.10 Å². The maximum Gasteiger partial charge on any atom is 0.0829 e. The number of hydrogen-bond acceptors (Lipinski definition) is 3. The first-order valence-electron chi connectivity index (χ1n) is 6.89. The summed E-state index contributed by atoms with van der Waals surface area (Å²) in [6, 6.07) is 0.754. The Morgan fingerprint density at radius 2 is 2.12 bits per heavy atom. The number of hydrogen-bond donors (Lipinski definition) is 0. The van der Waals surface area contributed by atoms with Crippen LogP contribution in [0.5, 0.6) is 0 Å². The van der Waals surface area contributed by atoms with Gasteiger partial charge in [-0.15, -0.1) is 11.6 Å². The molecule has 2 fully saturated rings. The van der Waals surface area contributed by atoms with Crippen molar-refractivity contribution in [3.8, 4) is 0 Å². The Morgan fingerprint density at radius 1 is 1.35 bits per heavy atom. The molecular weight excluding hydrogens is 236 g/mol. The van der Waals surface area contributed by atoms with E-state index in [-0.39, 0.29) is 0 Å². The Hall–Kier alpha value is 0.170. The third kappa shape index (κ3) is 4.09. The van der Waals surface area contributed by atoms with E-state index in [4.69, 9.17) is 16.3 Å². The predicted molar refractivity (Wildman–Crippen MR) is 71.8 cm³/mol. The summed E-state index contributed by atoms with van der Waals surface area (Å²) in [5.74, 6) is 0.735. The van der Waals surface area contributed by atoms with Gasteiger partial charge in [-0.1, -0.05) is 12.8 Å². The van der Waals surface area contributed by atoms with Crippen LogP contribution >= 0.6 is 11.6 Å². The second kappa shape index (κ2) is 6.93. The summed E-state index contributed by atoms with van der Waals surface area (Å²) in [7, 11) is 2.18. The second-order valence-corrected chi connectivity index (χ2v) is 5.76. The van der Waals surface area contributed by atoms with Gasteiger partial charge in [0.25, 0.3) is 0 Å². The number of nitrogens with zero attached hydrogens (tertiary/aromatic N) is 2. The molecule has 1 unspecified atom stereocenters. The van der Waals surface area contributed by atoms with E-state index in [1.165, 1.54) is 25.7 Å². The monoisotopic (exact) mass is 260 g/mol.